The summed E-state index contributed by atoms with van der Waals surface area (Å²) < 4.78 is 15.8. The van der Waals surface area contributed by atoms with Gasteiger partial charge >= 0.3 is 12.1 Å². The van der Waals surface area contributed by atoms with Crippen LogP contribution in [0.5, 0.6) is 0 Å². The highest BCUT2D eigenvalue weighted by Gasteiger charge is 2.18. The van der Waals surface area contributed by atoms with Crippen LogP contribution in [0.25, 0.3) is 11.0 Å². The highest BCUT2D eigenvalue weighted by atomic mass is 16.6. The highest BCUT2D eigenvalue weighted by Crippen LogP contribution is 2.30. The fraction of sp³-hybridized carbons (Fsp3) is 0.435. The number of esters is 1. The number of fused-ring (bicyclic) bond motifs is 1. The van der Waals surface area contributed by atoms with Gasteiger partial charge in [0.15, 0.2) is 5.76 Å². The number of nitrogens with one attached hydrogen (secondary N) is 1. The van der Waals surface area contributed by atoms with Crippen LogP contribution in [-0.2, 0) is 14.3 Å². The number of nitriles is 1. The molecule has 2 aromatic rings. The monoisotopic (exact) mass is 410 g/mol. The van der Waals surface area contributed by atoms with Crippen LogP contribution in [0.2, 0.25) is 0 Å². The first-order chi connectivity index (χ1) is 14.2. The minimum atomic E-state index is -0.572. The second-order valence-corrected chi connectivity index (χ2v) is 7.55. The average Bonchev–Trinajstić information content (AvgIpc) is 3.08. The molecule has 0 saturated heterocycles. The summed E-state index contributed by atoms with van der Waals surface area (Å²) in [5.41, 5.74) is 0.813. The molecule has 30 heavy (non-hydrogen) atoms. The number of furan rings is 1. The Kier molecular flexibility index (Phi) is 7.89. The van der Waals surface area contributed by atoms with Crippen LogP contribution in [0, 0.1) is 23.2 Å². The van der Waals surface area contributed by atoms with Gasteiger partial charge in [0.25, 0.3) is 0 Å². The standard InChI is InChI=1S/C23H26N2O5/c1-5-28-21(26)12-11-16(15-24)18-9-6-10-20-19(18)14-17(29-20)8-7-13-25-22(27)30-23(2,3)4/h6,9-10,14,16H,5,11-13H2,1-4H3,(H,25,27). The van der Waals surface area contributed by atoms with Gasteiger partial charge in [-0.3, -0.25) is 4.79 Å². The molecule has 0 aliphatic heterocycles. The lowest BCUT2D eigenvalue weighted by Gasteiger charge is -2.18. The maximum atomic E-state index is 11.6. The first kappa shape index (κ1) is 22.8. The van der Waals surface area contributed by atoms with E-state index in [0.717, 1.165) is 10.9 Å². The van der Waals surface area contributed by atoms with Gasteiger partial charge in [0.05, 0.1) is 25.1 Å². The third-order valence-corrected chi connectivity index (χ3v) is 4.00. The minimum Gasteiger partial charge on any atom is -0.466 e. The fourth-order valence-corrected chi connectivity index (χ4v) is 2.80. The summed E-state index contributed by atoms with van der Waals surface area (Å²) in [7, 11) is 0. The van der Waals surface area contributed by atoms with Gasteiger partial charge in [-0.1, -0.05) is 18.1 Å². The van der Waals surface area contributed by atoms with Crippen LogP contribution in [0.15, 0.2) is 28.7 Å². The van der Waals surface area contributed by atoms with E-state index in [1.807, 2.05) is 6.07 Å². The topological polar surface area (TPSA) is 102 Å². The van der Waals surface area contributed by atoms with Crippen molar-refractivity contribution < 1.29 is 23.5 Å². The van der Waals surface area contributed by atoms with Crippen molar-refractivity contribution in [2.45, 2.75) is 52.1 Å². The molecule has 0 saturated carbocycles. The summed E-state index contributed by atoms with van der Waals surface area (Å²) in [5.74, 6) is 5.31. The molecule has 0 radical (unpaired) electrons. The second-order valence-electron chi connectivity index (χ2n) is 7.55. The van der Waals surface area contributed by atoms with E-state index in [9.17, 15) is 14.9 Å². The van der Waals surface area contributed by atoms with E-state index in [4.69, 9.17) is 13.9 Å². The van der Waals surface area contributed by atoms with Gasteiger partial charge in [0.1, 0.15) is 11.2 Å². The largest absolute Gasteiger partial charge is 0.466 e. The lowest BCUT2D eigenvalue weighted by molar-refractivity contribution is -0.143. The first-order valence-electron chi connectivity index (χ1n) is 9.77. The molecule has 0 aliphatic rings. The number of amides is 1. The summed E-state index contributed by atoms with van der Waals surface area (Å²) in [6.07, 6.45) is -0.00817. The Bertz CT molecular complexity index is 998. The molecular formula is C23H26N2O5. The molecule has 1 atom stereocenters. The molecule has 7 nitrogen and oxygen atoms in total. The Morgan fingerprint density at radius 1 is 1.30 bits per heavy atom. The summed E-state index contributed by atoms with van der Waals surface area (Å²) >= 11 is 0. The van der Waals surface area contributed by atoms with E-state index in [1.54, 1.807) is 45.9 Å². The predicted octanol–water partition coefficient (Wildman–Crippen LogP) is 4.26. The maximum Gasteiger partial charge on any atom is 0.408 e. The molecule has 1 amide bonds. The van der Waals surface area contributed by atoms with E-state index >= 15 is 0 Å². The van der Waals surface area contributed by atoms with Gasteiger partial charge in [0.2, 0.25) is 0 Å². The summed E-state index contributed by atoms with van der Waals surface area (Å²) in [5, 5.41) is 12.9. The van der Waals surface area contributed by atoms with Gasteiger partial charge in [-0.25, -0.2) is 4.79 Å². The predicted molar refractivity (Wildman–Crippen MR) is 112 cm³/mol. The van der Waals surface area contributed by atoms with Crippen molar-refractivity contribution in [3.8, 4) is 17.9 Å². The van der Waals surface area contributed by atoms with Crippen molar-refractivity contribution in [1.82, 2.24) is 5.32 Å². The number of benzene rings is 1. The highest BCUT2D eigenvalue weighted by molar-refractivity contribution is 5.83. The number of hydrogen-bond donors (Lipinski definition) is 1. The summed E-state index contributed by atoms with van der Waals surface area (Å²) in [4.78, 5) is 23.3. The minimum absolute atomic E-state index is 0.110. The molecule has 1 heterocycles. The van der Waals surface area contributed by atoms with E-state index in [0.29, 0.717) is 24.4 Å². The van der Waals surface area contributed by atoms with E-state index < -0.39 is 17.6 Å². The zero-order chi connectivity index (χ0) is 22.1. The van der Waals surface area contributed by atoms with Crippen molar-refractivity contribution in [2.75, 3.05) is 13.2 Å². The second kappa shape index (κ2) is 10.4. The number of carbonyl (C=O) groups excluding carboxylic acids is 2. The van der Waals surface area contributed by atoms with E-state index in [2.05, 4.69) is 23.2 Å². The normalized spacial score (nSPS) is 11.7. The molecule has 7 heteroatoms. The Labute approximate surface area is 176 Å². The number of rotatable bonds is 6. The first-order valence-corrected chi connectivity index (χ1v) is 9.77. The van der Waals surface area contributed by atoms with E-state index in [-0.39, 0.29) is 18.9 Å². The molecule has 0 spiro atoms. The van der Waals surface area contributed by atoms with Crippen LogP contribution in [-0.4, -0.2) is 30.8 Å². The molecule has 1 aromatic carbocycles. The molecule has 158 valence electrons. The Morgan fingerprint density at radius 3 is 2.73 bits per heavy atom. The quantitative estimate of drug-likeness (QED) is 0.564. The lowest BCUT2D eigenvalue weighted by atomic mass is 9.93. The molecule has 0 aliphatic carbocycles. The molecule has 1 N–H and O–H groups in total. The number of alkyl carbamates (subject to hydrolysis) is 1. The Balaban J connectivity index is 2.09. The van der Waals surface area contributed by atoms with Gasteiger partial charge in [-0.15, -0.1) is 0 Å². The van der Waals surface area contributed by atoms with Crippen LogP contribution in [0.4, 0.5) is 4.79 Å². The zero-order valence-electron chi connectivity index (χ0n) is 17.7. The van der Waals surface area contributed by atoms with Crippen LogP contribution in [0.1, 0.15) is 57.8 Å². The third kappa shape index (κ3) is 6.86. The fourth-order valence-electron chi connectivity index (χ4n) is 2.80. The van der Waals surface area contributed by atoms with E-state index in [1.165, 1.54) is 0 Å². The lowest BCUT2D eigenvalue weighted by Crippen LogP contribution is -2.32. The molecule has 1 unspecified atom stereocenters. The van der Waals surface area contributed by atoms with Crippen LogP contribution < -0.4 is 5.32 Å². The SMILES string of the molecule is CCOC(=O)CCC(C#N)c1cccc2oc(C#CCNC(=O)OC(C)(C)C)cc12. The van der Waals surface area contributed by atoms with Gasteiger partial charge in [0, 0.05) is 17.9 Å². The molecule has 2 rings (SSSR count). The van der Waals surface area contributed by atoms with Crippen molar-refractivity contribution in [3.63, 3.8) is 0 Å². The molecule has 0 fully saturated rings. The zero-order valence-corrected chi connectivity index (χ0v) is 17.7. The summed E-state index contributed by atoms with van der Waals surface area (Å²) in [6, 6.07) is 9.46. The third-order valence-electron chi connectivity index (χ3n) is 4.00. The van der Waals surface area contributed by atoms with Crippen LogP contribution >= 0.6 is 0 Å². The van der Waals surface area contributed by atoms with Crippen molar-refractivity contribution >= 4 is 23.0 Å². The van der Waals surface area contributed by atoms with Gasteiger partial charge < -0.3 is 19.2 Å². The Hall–Kier alpha value is -3.45. The number of nitrogens with zero attached hydrogens (tertiary/aromatic N) is 1. The van der Waals surface area contributed by atoms with Gasteiger partial charge in [-0.05, 0) is 51.7 Å². The van der Waals surface area contributed by atoms with Gasteiger partial charge in [-0.2, -0.15) is 5.26 Å². The molecular weight excluding hydrogens is 384 g/mol. The molecule has 1 aromatic heterocycles. The number of ether oxygens (including phenoxy) is 2. The number of hydrogen-bond acceptors (Lipinski definition) is 6. The van der Waals surface area contributed by atoms with Crippen molar-refractivity contribution in [2.24, 2.45) is 0 Å². The maximum absolute atomic E-state index is 11.6. The number of carbonyl (C=O) groups is 2. The van der Waals surface area contributed by atoms with Crippen molar-refractivity contribution in [1.29, 1.82) is 5.26 Å². The smallest absolute Gasteiger partial charge is 0.408 e. The van der Waals surface area contributed by atoms with Crippen molar-refractivity contribution in [3.05, 3.63) is 35.6 Å². The molecule has 0 bridgehead atoms. The average molecular weight is 410 g/mol. The Morgan fingerprint density at radius 2 is 2.07 bits per heavy atom. The summed E-state index contributed by atoms with van der Waals surface area (Å²) in [6.45, 7) is 7.53. The van der Waals surface area contributed by atoms with Crippen LogP contribution in [0.3, 0.4) is 0 Å².